The highest BCUT2D eigenvalue weighted by atomic mass is 16.2. The first-order chi connectivity index (χ1) is 9.70. The van der Waals surface area contributed by atoms with Crippen molar-refractivity contribution in [1.29, 1.82) is 0 Å². The van der Waals surface area contributed by atoms with Crippen LogP contribution >= 0.6 is 0 Å². The number of rotatable bonds is 5. The lowest BCUT2D eigenvalue weighted by atomic mass is 10.1. The maximum Gasteiger partial charge on any atom is 0.269 e. The van der Waals surface area contributed by atoms with Crippen molar-refractivity contribution in [1.82, 2.24) is 14.7 Å². The number of hydrogen-bond donors (Lipinski definition) is 2. The summed E-state index contributed by atoms with van der Waals surface area (Å²) in [7, 11) is 0. The van der Waals surface area contributed by atoms with Crippen LogP contribution in [0.2, 0.25) is 0 Å². The first-order valence-electron chi connectivity index (χ1n) is 6.99. The van der Waals surface area contributed by atoms with Crippen LogP contribution in [0.15, 0.2) is 17.1 Å². The Labute approximate surface area is 117 Å². The van der Waals surface area contributed by atoms with E-state index in [0.29, 0.717) is 18.8 Å². The van der Waals surface area contributed by atoms with Crippen molar-refractivity contribution in [2.45, 2.75) is 25.8 Å². The molecule has 1 aliphatic rings. The number of nitrogens with zero attached hydrogens (tertiary/aromatic N) is 3. The smallest absolute Gasteiger partial charge is 0.269 e. The number of nitrogens with one attached hydrogen (secondary N) is 1. The molecule has 0 atom stereocenters. The number of carbonyl (C=O) groups excluding carboxylic acids is 1. The van der Waals surface area contributed by atoms with Gasteiger partial charge in [-0.15, -0.1) is 0 Å². The second-order valence-electron chi connectivity index (χ2n) is 4.90. The molecule has 0 saturated carbocycles. The molecule has 1 aromatic rings. The fourth-order valence-corrected chi connectivity index (χ4v) is 2.24. The van der Waals surface area contributed by atoms with Crippen molar-refractivity contribution in [2.24, 2.45) is 5.73 Å². The number of piperidine rings is 1. The minimum absolute atomic E-state index is 0.00992. The first kappa shape index (κ1) is 14.5. The highest BCUT2D eigenvalue weighted by molar-refractivity contribution is 5.75. The molecule has 0 aromatic carbocycles. The highest BCUT2D eigenvalue weighted by Gasteiger charge is 2.17. The third-order valence-corrected chi connectivity index (χ3v) is 3.34. The van der Waals surface area contributed by atoms with Crippen LogP contribution in [0.1, 0.15) is 19.3 Å². The van der Waals surface area contributed by atoms with E-state index in [1.54, 1.807) is 11.1 Å². The van der Waals surface area contributed by atoms with E-state index in [1.165, 1.54) is 17.2 Å². The van der Waals surface area contributed by atoms with Gasteiger partial charge in [-0.3, -0.25) is 9.59 Å². The van der Waals surface area contributed by atoms with Crippen molar-refractivity contribution in [3.8, 4) is 0 Å². The van der Waals surface area contributed by atoms with Gasteiger partial charge < -0.3 is 16.0 Å². The fraction of sp³-hybridized carbons (Fsp3) is 0.615. The van der Waals surface area contributed by atoms with Crippen molar-refractivity contribution in [3.63, 3.8) is 0 Å². The molecule has 1 amide bonds. The van der Waals surface area contributed by atoms with E-state index in [9.17, 15) is 9.59 Å². The Morgan fingerprint density at radius 2 is 2.10 bits per heavy atom. The second-order valence-corrected chi connectivity index (χ2v) is 4.90. The lowest BCUT2D eigenvalue weighted by molar-refractivity contribution is -0.133. The van der Waals surface area contributed by atoms with Gasteiger partial charge in [0, 0.05) is 32.2 Å². The Kier molecular flexibility index (Phi) is 5.11. The number of anilines is 1. The highest BCUT2D eigenvalue weighted by Crippen LogP contribution is 2.09. The van der Waals surface area contributed by atoms with Crippen molar-refractivity contribution in [3.05, 3.63) is 22.6 Å². The largest absolute Gasteiger partial charge is 0.382 e. The minimum Gasteiger partial charge on any atom is -0.382 e. The van der Waals surface area contributed by atoms with Crippen LogP contribution < -0.4 is 16.6 Å². The molecule has 1 fully saturated rings. The summed E-state index contributed by atoms with van der Waals surface area (Å²) >= 11 is 0. The van der Waals surface area contributed by atoms with Crippen LogP contribution in [0.5, 0.6) is 0 Å². The van der Waals surface area contributed by atoms with E-state index in [-0.39, 0.29) is 18.0 Å². The van der Waals surface area contributed by atoms with Crippen molar-refractivity contribution < 1.29 is 4.79 Å². The summed E-state index contributed by atoms with van der Waals surface area (Å²) in [4.78, 5) is 25.8. The van der Waals surface area contributed by atoms with Gasteiger partial charge in [-0.2, -0.15) is 5.10 Å². The summed E-state index contributed by atoms with van der Waals surface area (Å²) in [6.45, 7) is 2.64. The molecule has 0 unspecified atom stereocenters. The molecule has 7 nitrogen and oxygen atoms in total. The molecule has 2 rings (SSSR count). The molecule has 0 bridgehead atoms. The molecule has 1 saturated heterocycles. The standard InChI is InChI=1S/C13H21N5O2/c14-4-5-15-11-8-12(19)18(16-9-11)10-13(20)17-6-2-1-3-7-17/h8-9,15H,1-7,10,14H2. The maximum absolute atomic E-state index is 12.1. The van der Waals surface area contributed by atoms with Crippen molar-refractivity contribution >= 4 is 11.6 Å². The monoisotopic (exact) mass is 279 g/mol. The average Bonchev–Trinajstić information content (AvgIpc) is 2.48. The number of nitrogens with two attached hydrogens (primary N) is 1. The third kappa shape index (κ3) is 3.80. The van der Waals surface area contributed by atoms with Gasteiger partial charge in [0.15, 0.2) is 0 Å². The van der Waals surface area contributed by atoms with Crippen LogP contribution in [0.25, 0.3) is 0 Å². The van der Waals surface area contributed by atoms with Gasteiger partial charge in [-0.25, -0.2) is 4.68 Å². The first-order valence-corrected chi connectivity index (χ1v) is 6.99. The van der Waals surface area contributed by atoms with Gasteiger partial charge in [0.05, 0.1) is 11.9 Å². The lowest BCUT2D eigenvalue weighted by Gasteiger charge is -2.26. The molecule has 20 heavy (non-hydrogen) atoms. The van der Waals surface area contributed by atoms with Gasteiger partial charge in [-0.05, 0) is 19.3 Å². The van der Waals surface area contributed by atoms with Gasteiger partial charge in [0.25, 0.3) is 5.56 Å². The summed E-state index contributed by atoms with van der Waals surface area (Å²) in [5.74, 6) is -0.0398. The average molecular weight is 279 g/mol. The number of aromatic nitrogens is 2. The third-order valence-electron chi connectivity index (χ3n) is 3.34. The number of amides is 1. The summed E-state index contributed by atoms with van der Waals surface area (Å²) in [5.41, 5.74) is 5.72. The predicted molar refractivity (Wildman–Crippen MR) is 76.5 cm³/mol. The molecule has 0 aliphatic carbocycles. The molecular formula is C13H21N5O2. The Bertz CT molecular complexity index is 508. The Morgan fingerprint density at radius 3 is 2.75 bits per heavy atom. The fourth-order valence-electron chi connectivity index (χ4n) is 2.24. The number of carbonyl (C=O) groups is 1. The molecule has 0 radical (unpaired) electrons. The van der Waals surface area contributed by atoms with Gasteiger partial charge in [0.2, 0.25) is 5.91 Å². The van der Waals surface area contributed by atoms with E-state index >= 15 is 0 Å². The summed E-state index contributed by atoms with van der Waals surface area (Å²) in [5, 5.41) is 7.00. The summed E-state index contributed by atoms with van der Waals surface area (Å²) < 4.78 is 1.20. The molecule has 3 N–H and O–H groups in total. The quantitative estimate of drug-likeness (QED) is 0.767. The molecule has 110 valence electrons. The van der Waals surface area contributed by atoms with Gasteiger partial charge in [-0.1, -0.05) is 0 Å². The Balaban J connectivity index is 1.98. The SMILES string of the molecule is NCCNc1cnn(CC(=O)N2CCCCC2)c(=O)c1. The van der Waals surface area contributed by atoms with Gasteiger partial charge >= 0.3 is 0 Å². The van der Waals surface area contributed by atoms with Crippen LogP contribution in [0.3, 0.4) is 0 Å². The van der Waals surface area contributed by atoms with Crippen LogP contribution in [-0.4, -0.2) is 46.8 Å². The second kappa shape index (κ2) is 7.04. The Hall–Kier alpha value is -1.89. The van der Waals surface area contributed by atoms with E-state index in [2.05, 4.69) is 10.4 Å². The topological polar surface area (TPSA) is 93.2 Å². The lowest BCUT2D eigenvalue weighted by Crippen LogP contribution is -2.40. The van der Waals surface area contributed by atoms with E-state index in [1.807, 2.05) is 0 Å². The maximum atomic E-state index is 12.1. The number of likely N-dealkylation sites (tertiary alicyclic amines) is 1. The molecule has 0 spiro atoms. The molecule has 2 heterocycles. The van der Waals surface area contributed by atoms with E-state index in [4.69, 9.17) is 5.73 Å². The zero-order valence-corrected chi connectivity index (χ0v) is 11.5. The Morgan fingerprint density at radius 1 is 1.35 bits per heavy atom. The van der Waals surface area contributed by atoms with Gasteiger partial charge in [0.1, 0.15) is 6.54 Å². The van der Waals surface area contributed by atoms with E-state index in [0.717, 1.165) is 25.9 Å². The minimum atomic E-state index is -0.280. The predicted octanol–water partition coefficient (Wildman–Crippen LogP) is -0.374. The van der Waals surface area contributed by atoms with Crippen LogP contribution in [0.4, 0.5) is 5.69 Å². The zero-order chi connectivity index (χ0) is 14.4. The van der Waals surface area contributed by atoms with Crippen LogP contribution in [-0.2, 0) is 11.3 Å². The van der Waals surface area contributed by atoms with E-state index < -0.39 is 0 Å². The summed E-state index contributed by atoms with van der Waals surface area (Å²) in [6.07, 6.45) is 4.79. The van der Waals surface area contributed by atoms with Crippen LogP contribution in [0, 0.1) is 0 Å². The van der Waals surface area contributed by atoms with Crippen molar-refractivity contribution in [2.75, 3.05) is 31.5 Å². The normalized spacial score (nSPS) is 15.2. The molecule has 1 aliphatic heterocycles. The summed E-state index contributed by atoms with van der Waals surface area (Å²) in [6, 6.07) is 1.44. The number of hydrogen-bond acceptors (Lipinski definition) is 5. The molecule has 7 heteroatoms. The molecule has 1 aromatic heterocycles. The molecular weight excluding hydrogens is 258 g/mol. The zero-order valence-electron chi connectivity index (χ0n) is 11.5.